The quantitative estimate of drug-likeness (QED) is 0.621. The Balaban J connectivity index is 1.60. The van der Waals surface area contributed by atoms with Crippen molar-refractivity contribution in [2.24, 2.45) is 0 Å². The number of ether oxygens (including phenoxy) is 1. The van der Waals surface area contributed by atoms with Crippen LogP contribution in [-0.2, 0) is 11.3 Å². The van der Waals surface area contributed by atoms with Crippen molar-refractivity contribution in [1.29, 1.82) is 0 Å². The van der Waals surface area contributed by atoms with Gasteiger partial charge < -0.3 is 15.0 Å². The second-order valence-corrected chi connectivity index (χ2v) is 7.60. The molecule has 0 aromatic heterocycles. The van der Waals surface area contributed by atoms with Crippen molar-refractivity contribution in [2.75, 3.05) is 12.4 Å². The van der Waals surface area contributed by atoms with Crippen molar-refractivity contribution >= 4 is 17.5 Å². The average molecular weight is 418 g/mol. The number of nitrogens with zero attached hydrogens (tertiary/aromatic N) is 1. The van der Waals surface area contributed by atoms with Crippen molar-refractivity contribution in [2.45, 2.75) is 25.9 Å². The number of fused-ring (bicyclic) bond motifs is 1. The van der Waals surface area contributed by atoms with Crippen molar-refractivity contribution in [3.63, 3.8) is 0 Å². The third-order valence-electron chi connectivity index (χ3n) is 5.56. The third-order valence-corrected chi connectivity index (χ3v) is 5.56. The van der Waals surface area contributed by atoms with Gasteiger partial charge in [0.1, 0.15) is 11.6 Å². The van der Waals surface area contributed by atoms with E-state index in [0.717, 1.165) is 11.1 Å². The molecule has 0 radical (unpaired) electrons. The lowest BCUT2D eigenvalue weighted by Crippen LogP contribution is -2.32. The molecular weight excluding hydrogens is 395 g/mol. The van der Waals surface area contributed by atoms with Gasteiger partial charge in [0, 0.05) is 17.8 Å². The van der Waals surface area contributed by atoms with Crippen LogP contribution in [0.3, 0.4) is 0 Å². The number of methoxy groups -OCH3 is 1. The summed E-state index contributed by atoms with van der Waals surface area (Å²) in [6, 6.07) is 18.9. The van der Waals surface area contributed by atoms with Crippen LogP contribution < -0.4 is 10.1 Å². The number of hydrogen-bond acceptors (Lipinski definition) is 3. The highest BCUT2D eigenvalue weighted by molar-refractivity contribution is 5.99. The highest BCUT2D eigenvalue weighted by Gasteiger charge is 2.34. The minimum Gasteiger partial charge on any atom is -0.497 e. The summed E-state index contributed by atoms with van der Waals surface area (Å²) in [5.41, 5.74) is 3.31. The predicted molar refractivity (Wildman–Crippen MR) is 116 cm³/mol. The van der Waals surface area contributed by atoms with Gasteiger partial charge in [-0.3, -0.25) is 9.59 Å². The molecule has 0 aliphatic carbocycles. The van der Waals surface area contributed by atoms with Gasteiger partial charge >= 0.3 is 0 Å². The monoisotopic (exact) mass is 418 g/mol. The topological polar surface area (TPSA) is 58.6 Å². The summed E-state index contributed by atoms with van der Waals surface area (Å²) < 4.78 is 19.1. The molecule has 1 heterocycles. The predicted octanol–water partition coefficient (Wildman–Crippen LogP) is 4.87. The number of carbonyl (C=O) groups is 2. The van der Waals surface area contributed by atoms with Crippen LogP contribution in [0.2, 0.25) is 0 Å². The van der Waals surface area contributed by atoms with Crippen molar-refractivity contribution in [3.8, 4) is 5.75 Å². The Kier molecular flexibility index (Phi) is 5.71. The van der Waals surface area contributed by atoms with E-state index in [4.69, 9.17) is 4.74 Å². The van der Waals surface area contributed by atoms with E-state index in [1.807, 2.05) is 42.5 Å². The number of rotatable bonds is 6. The molecule has 5 nitrogen and oxygen atoms in total. The first-order valence-corrected chi connectivity index (χ1v) is 10.0. The Morgan fingerprint density at radius 3 is 2.55 bits per heavy atom. The van der Waals surface area contributed by atoms with Crippen molar-refractivity contribution in [3.05, 3.63) is 94.8 Å². The normalized spacial score (nSPS) is 13.6. The molecule has 1 aliphatic heterocycles. The molecule has 0 saturated carbocycles. The summed E-state index contributed by atoms with van der Waals surface area (Å²) in [4.78, 5) is 27.6. The number of aryl methyl sites for hydroxylation is 1. The molecule has 0 spiro atoms. The van der Waals surface area contributed by atoms with Crippen LogP contribution in [0.1, 0.15) is 39.5 Å². The van der Waals surface area contributed by atoms with Gasteiger partial charge in [-0.05, 0) is 53.9 Å². The lowest BCUT2D eigenvalue weighted by molar-refractivity contribution is -0.117. The molecule has 158 valence electrons. The molecule has 1 aliphatic rings. The lowest BCUT2D eigenvalue weighted by Gasteiger charge is -2.28. The van der Waals surface area contributed by atoms with Gasteiger partial charge in [-0.15, -0.1) is 0 Å². The number of benzene rings is 3. The third kappa shape index (κ3) is 4.28. The van der Waals surface area contributed by atoms with Crippen LogP contribution in [0.25, 0.3) is 0 Å². The molecule has 3 aromatic carbocycles. The largest absolute Gasteiger partial charge is 0.497 e. The summed E-state index contributed by atoms with van der Waals surface area (Å²) >= 11 is 0. The fourth-order valence-electron chi connectivity index (χ4n) is 3.82. The molecule has 6 heteroatoms. The van der Waals surface area contributed by atoms with Crippen LogP contribution in [-0.4, -0.2) is 23.8 Å². The average Bonchev–Trinajstić information content (AvgIpc) is 3.11. The van der Waals surface area contributed by atoms with Crippen molar-refractivity contribution in [1.82, 2.24) is 4.90 Å². The fraction of sp³-hybridized carbons (Fsp3) is 0.200. The van der Waals surface area contributed by atoms with E-state index >= 15 is 0 Å². The summed E-state index contributed by atoms with van der Waals surface area (Å²) in [7, 11) is 1.58. The molecule has 0 bridgehead atoms. The van der Waals surface area contributed by atoms with Crippen LogP contribution >= 0.6 is 0 Å². The molecular formula is C25H23FN2O3. The van der Waals surface area contributed by atoms with Gasteiger partial charge in [0.05, 0.1) is 19.6 Å². The van der Waals surface area contributed by atoms with E-state index in [9.17, 15) is 14.0 Å². The molecule has 31 heavy (non-hydrogen) atoms. The number of carbonyl (C=O) groups excluding carboxylic acids is 2. The maximum Gasteiger partial charge on any atom is 0.255 e. The second-order valence-electron chi connectivity index (χ2n) is 7.60. The van der Waals surface area contributed by atoms with E-state index in [1.165, 1.54) is 6.07 Å². The molecule has 0 fully saturated rings. The van der Waals surface area contributed by atoms with Gasteiger partial charge in [0.2, 0.25) is 5.91 Å². The SMILES string of the molecule is COc1ccc(C(CC(=O)Nc2ccc(C)c(F)c2)N2Cc3ccccc3C2=O)cc1. The zero-order valence-corrected chi connectivity index (χ0v) is 17.4. The summed E-state index contributed by atoms with van der Waals surface area (Å²) in [5.74, 6) is -0.0915. The minimum atomic E-state index is -0.471. The molecule has 2 amide bonds. The first-order chi connectivity index (χ1) is 15.0. The number of nitrogens with one attached hydrogen (secondary N) is 1. The van der Waals surface area contributed by atoms with E-state index in [2.05, 4.69) is 5.32 Å². The zero-order valence-electron chi connectivity index (χ0n) is 17.4. The van der Waals surface area contributed by atoms with E-state index in [-0.39, 0.29) is 24.1 Å². The maximum atomic E-state index is 13.9. The molecule has 1 N–H and O–H groups in total. The molecule has 0 saturated heterocycles. The van der Waals surface area contributed by atoms with Crippen LogP contribution in [0.15, 0.2) is 66.7 Å². The molecule has 1 unspecified atom stereocenters. The summed E-state index contributed by atoms with van der Waals surface area (Å²) in [6.45, 7) is 2.09. The first-order valence-electron chi connectivity index (χ1n) is 10.0. The Morgan fingerprint density at radius 2 is 1.87 bits per heavy atom. The second kappa shape index (κ2) is 8.60. The Morgan fingerprint density at radius 1 is 1.13 bits per heavy atom. The smallest absolute Gasteiger partial charge is 0.255 e. The summed E-state index contributed by atoms with van der Waals surface area (Å²) in [5, 5.41) is 2.75. The first kappa shape index (κ1) is 20.6. The lowest BCUT2D eigenvalue weighted by atomic mass is 10.0. The Hall–Kier alpha value is -3.67. The van der Waals surface area contributed by atoms with Gasteiger partial charge in [-0.2, -0.15) is 0 Å². The zero-order chi connectivity index (χ0) is 22.0. The number of halogens is 1. The van der Waals surface area contributed by atoms with Gasteiger partial charge in [0.25, 0.3) is 5.91 Å². The molecule has 3 aromatic rings. The highest BCUT2D eigenvalue weighted by Crippen LogP contribution is 2.34. The van der Waals surface area contributed by atoms with Crippen LogP contribution in [0.4, 0.5) is 10.1 Å². The number of hydrogen-bond donors (Lipinski definition) is 1. The van der Waals surface area contributed by atoms with E-state index < -0.39 is 6.04 Å². The standard InChI is InChI=1S/C25H23FN2O3/c1-16-7-10-19(13-22(16)26)27-24(29)14-23(17-8-11-20(31-2)12-9-17)28-15-18-5-3-4-6-21(18)25(28)30/h3-13,23H,14-15H2,1-2H3,(H,27,29). The van der Waals surface area contributed by atoms with Gasteiger partial charge in [0.15, 0.2) is 0 Å². The van der Waals surface area contributed by atoms with Gasteiger partial charge in [-0.1, -0.05) is 36.4 Å². The minimum absolute atomic E-state index is 0.0432. The Bertz CT molecular complexity index is 1130. The number of anilines is 1. The van der Waals surface area contributed by atoms with Gasteiger partial charge in [-0.25, -0.2) is 4.39 Å². The van der Waals surface area contributed by atoms with Crippen molar-refractivity contribution < 1.29 is 18.7 Å². The highest BCUT2D eigenvalue weighted by atomic mass is 19.1. The molecule has 1 atom stereocenters. The van der Waals surface area contributed by atoms with E-state index in [1.54, 1.807) is 37.1 Å². The van der Waals surface area contributed by atoms with Crippen LogP contribution in [0, 0.1) is 12.7 Å². The molecule has 4 rings (SSSR count). The fourth-order valence-corrected chi connectivity index (χ4v) is 3.82. The number of amides is 2. The Labute approximate surface area is 180 Å². The van der Waals surface area contributed by atoms with Crippen LogP contribution in [0.5, 0.6) is 5.75 Å². The maximum absolute atomic E-state index is 13.9. The summed E-state index contributed by atoms with van der Waals surface area (Å²) in [6.07, 6.45) is 0.0432. The van der Waals surface area contributed by atoms with E-state index in [0.29, 0.717) is 29.1 Å².